The average molecular weight is 332 g/mol. The van der Waals surface area contributed by atoms with E-state index in [0.29, 0.717) is 42.7 Å². The molecule has 0 unspecified atom stereocenters. The molecule has 0 spiro atoms. The molecule has 1 aromatic heterocycles. The van der Waals surface area contributed by atoms with E-state index >= 15 is 0 Å². The maximum absolute atomic E-state index is 11.1. The molecular formula is C16H20N4O4. The number of ether oxygens (including phenoxy) is 1. The Kier molecular flexibility index (Phi) is 4.75. The molecule has 3 rings (SSSR count). The molecular weight excluding hydrogens is 312 g/mol. The van der Waals surface area contributed by atoms with Gasteiger partial charge in [-0.25, -0.2) is 0 Å². The third kappa shape index (κ3) is 3.53. The molecule has 2 heterocycles. The molecule has 1 N–H and O–H groups in total. The minimum Gasteiger partial charge on any atom is -0.381 e. The molecule has 0 saturated carbocycles. The van der Waals surface area contributed by atoms with Crippen molar-refractivity contribution in [1.82, 2.24) is 10.1 Å². The minimum absolute atomic E-state index is 0.0964. The highest BCUT2D eigenvalue weighted by atomic mass is 16.6. The molecule has 128 valence electrons. The lowest BCUT2D eigenvalue weighted by Gasteiger charge is -2.17. The first-order valence-electron chi connectivity index (χ1n) is 7.94. The summed E-state index contributed by atoms with van der Waals surface area (Å²) in [6.07, 6.45) is 1.77. The zero-order valence-electron chi connectivity index (χ0n) is 13.7. The zero-order chi connectivity index (χ0) is 17.1. The van der Waals surface area contributed by atoms with Crippen molar-refractivity contribution in [3.8, 4) is 0 Å². The van der Waals surface area contributed by atoms with Crippen LogP contribution >= 0.6 is 0 Å². The van der Waals surface area contributed by atoms with E-state index in [4.69, 9.17) is 9.26 Å². The maximum atomic E-state index is 11.1. The number of aromatic nitrogens is 2. The predicted octanol–water partition coefficient (Wildman–Crippen LogP) is 3.10. The van der Waals surface area contributed by atoms with Crippen LogP contribution in [0.1, 0.15) is 41.6 Å². The summed E-state index contributed by atoms with van der Waals surface area (Å²) in [7, 11) is 0. The van der Waals surface area contributed by atoms with Gasteiger partial charge in [0, 0.05) is 36.4 Å². The van der Waals surface area contributed by atoms with Gasteiger partial charge in [0.2, 0.25) is 5.89 Å². The lowest BCUT2D eigenvalue weighted by molar-refractivity contribution is -0.385. The Hall–Kier alpha value is -2.48. The van der Waals surface area contributed by atoms with E-state index in [1.54, 1.807) is 19.1 Å². The van der Waals surface area contributed by atoms with Gasteiger partial charge < -0.3 is 14.6 Å². The first kappa shape index (κ1) is 16.4. The van der Waals surface area contributed by atoms with Crippen LogP contribution in [0.4, 0.5) is 11.4 Å². The minimum atomic E-state index is -0.377. The van der Waals surface area contributed by atoms with Gasteiger partial charge in [-0.3, -0.25) is 10.1 Å². The molecule has 0 bridgehead atoms. The quantitative estimate of drug-likeness (QED) is 0.662. The fourth-order valence-electron chi connectivity index (χ4n) is 2.85. The smallest absolute Gasteiger partial charge is 0.274 e. The number of nitro benzene ring substituents is 1. The summed E-state index contributed by atoms with van der Waals surface area (Å²) >= 11 is 0. The Morgan fingerprint density at radius 1 is 1.29 bits per heavy atom. The number of nitro groups is 1. The molecule has 2 aromatic rings. The van der Waals surface area contributed by atoms with Crippen molar-refractivity contribution in [3.63, 3.8) is 0 Å². The Bertz CT molecular complexity index is 738. The molecule has 0 atom stereocenters. The third-order valence-electron chi connectivity index (χ3n) is 4.23. The predicted molar refractivity (Wildman–Crippen MR) is 87.0 cm³/mol. The van der Waals surface area contributed by atoms with Crippen LogP contribution in [0, 0.1) is 24.0 Å². The number of anilines is 1. The molecule has 8 nitrogen and oxygen atoms in total. The van der Waals surface area contributed by atoms with Crippen LogP contribution in [0.2, 0.25) is 0 Å². The lowest BCUT2D eigenvalue weighted by atomic mass is 10.0. The summed E-state index contributed by atoms with van der Waals surface area (Å²) in [5.41, 5.74) is 2.37. The largest absolute Gasteiger partial charge is 0.381 e. The van der Waals surface area contributed by atoms with E-state index < -0.39 is 0 Å². The maximum Gasteiger partial charge on any atom is 0.274 e. The second-order valence-electron chi connectivity index (χ2n) is 6.00. The topological polar surface area (TPSA) is 103 Å². The van der Waals surface area contributed by atoms with Crippen LogP contribution in [0.5, 0.6) is 0 Å². The first-order valence-corrected chi connectivity index (χ1v) is 7.94. The summed E-state index contributed by atoms with van der Waals surface area (Å²) in [5.74, 6) is 1.43. The second kappa shape index (κ2) is 6.96. The van der Waals surface area contributed by atoms with Crippen LogP contribution in [-0.4, -0.2) is 28.3 Å². The van der Waals surface area contributed by atoms with Gasteiger partial charge in [0.1, 0.15) is 0 Å². The molecule has 1 aliphatic heterocycles. The van der Waals surface area contributed by atoms with Gasteiger partial charge in [0.25, 0.3) is 5.69 Å². The van der Waals surface area contributed by atoms with Crippen molar-refractivity contribution in [2.75, 3.05) is 18.5 Å². The lowest BCUT2D eigenvalue weighted by Crippen LogP contribution is -2.14. The number of nitrogens with one attached hydrogen (secondary N) is 1. The van der Waals surface area contributed by atoms with Crippen molar-refractivity contribution in [1.29, 1.82) is 0 Å². The van der Waals surface area contributed by atoms with E-state index in [9.17, 15) is 10.1 Å². The fourth-order valence-corrected chi connectivity index (χ4v) is 2.85. The highest BCUT2D eigenvalue weighted by molar-refractivity contribution is 5.60. The summed E-state index contributed by atoms with van der Waals surface area (Å²) in [6.45, 7) is 5.42. The molecule has 1 aromatic carbocycles. The number of benzene rings is 1. The van der Waals surface area contributed by atoms with Crippen LogP contribution in [0.15, 0.2) is 16.7 Å². The van der Waals surface area contributed by atoms with E-state index in [-0.39, 0.29) is 16.5 Å². The van der Waals surface area contributed by atoms with Crippen LogP contribution in [-0.2, 0) is 11.3 Å². The van der Waals surface area contributed by atoms with Crippen molar-refractivity contribution >= 4 is 11.4 Å². The molecule has 0 aliphatic carbocycles. The summed E-state index contributed by atoms with van der Waals surface area (Å²) in [6, 6.07) is 3.34. The molecule has 8 heteroatoms. The number of hydrogen-bond acceptors (Lipinski definition) is 7. The molecule has 1 aliphatic rings. The summed E-state index contributed by atoms with van der Waals surface area (Å²) in [5, 5.41) is 18.2. The standard InChI is InChI=1S/C16H20N4O4/c1-10-7-11(2)14(20(21)22)8-13(10)17-9-15-18-16(24-19-15)12-3-5-23-6-4-12/h7-8,12,17H,3-6,9H2,1-2H3. The van der Waals surface area contributed by atoms with Gasteiger partial charge >= 0.3 is 0 Å². The number of rotatable bonds is 5. The fraction of sp³-hybridized carbons (Fsp3) is 0.500. The molecule has 24 heavy (non-hydrogen) atoms. The first-order chi connectivity index (χ1) is 11.5. The normalized spacial score (nSPS) is 15.4. The molecule has 1 fully saturated rings. The van der Waals surface area contributed by atoms with Crippen LogP contribution < -0.4 is 5.32 Å². The van der Waals surface area contributed by atoms with Crippen LogP contribution in [0.25, 0.3) is 0 Å². The highest BCUT2D eigenvalue weighted by Gasteiger charge is 2.22. The highest BCUT2D eigenvalue weighted by Crippen LogP contribution is 2.27. The summed E-state index contributed by atoms with van der Waals surface area (Å²) < 4.78 is 10.7. The van der Waals surface area contributed by atoms with E-state index in [1.807, 2.05) is 6.92 Å². The van der Waals surface area contributed by atoms with Crippen molar-refractivity contribution in [2.24, 2.45) is 0 Å². The second-order valence-corrected chi connectivity index (χ2v) is 6.00. The van der Waals surface area contributed by atoms with Gasteiger partial charge in [0.15, 0.2) is 5.82 Å². The van der Waals surface area contributed by atoms with Gasteiger partial charge in [-0.2, -0.15) is 4.98 Å². The molecule has 0 radical (unpaired) electrons. The van der Waals surface area contributed by atoms with E-state index in [2.05, 4.69) is 15.5 Å². The Morgan fingerprint density at radius 3 is 2.75 bits per heavy atom. The number of nitrogens with zero attached hydrogens (tertiary/aromatic N) is 3. The zero-order valence-corrected chi connectivity index (χ0v) is 13.7. The molecule has 1 saturated heterocycles. The monoisotopic (exact) mass is 332 g/mol. The SMILES string of the molecule is Cc1cc(C)c([N+](=O)[O-])cc1NCc1noc(C2CCOCC2)n1. The van der Waals surface area contributed by atoms with E-state index in [0.717, 1.165) is 18.4 Å². The summed E-state index contributed by atoms with van der Waals surface area (Å²) in [4.78, 5) is 15.1. The van der Waals surface area contributed by atoms with Crippen molar-refractivity contribution < 1.29 is 14.2 Å². The average Bonchev–Trinajstić information content (AvgIpc) is 3.03. The Labute approximate surface area is 139 Å². The number of aryl methyl sites for hydroxylation is 2. The molecule has 0 amide bonds. The van der Waals surface area contributed by atoms with Crippen LogP contribution in [0.3, 0.4) is 0 Å². The van der Waals surface area contributed by atoms with Gasteiger partial charge in [-0.1, -0.05) is 5.16 Å². The van der Waals surface area contributed by atoms with Crippen molar-refractivity contribution in [2.45, 2.75) is 39.2 Å². The number of hydrogen-bond donors (Lipinski definition) is 1. The van der Waals surface area contributed by atoms with E-state index in [1.165, 1.54) is 0 Å². The van der Waals surface area contributed by atoms with Gasteiger partial charge in [-0.05, 0) is 38.3 Å². The Balaban J connectivity index is 1.68. The Morgan fingerprint density at radius 2 is 2.04 bits per heavy atom. The third-order valence-corrected chi connectivity index (χ3v) is 4.23. The van der Waals surface area contributed by atoms with Gasteiger partial charge in [-0.15, -0.1) is 0 Å². The van der Waals surface area contributed by atoms with Crippen molar-refractivity contribution in [3.05, 3.63) is 45.1 Å². The van der Waals surface area contributed by atoms with Gasteiger partial charge in [0.05, 0.1) is 11.5 Å².